The molecule has 0 unspecified atom stereocenters. The van der Waals surface area contributed by atoms with Crippen molar-refractivity contribution in [3.63, 3.8) is 0 Å². The maximum atomic E-state index is 12.1. The largest absolute Gasteiger partial charge is 0.481 e. The van der Waals surface area contributed by atoms with Crippen molar-refractivity contribution in [1.82, 2.24) is 9.80 Å². The highest BCUT2D eigenvalue weighted by Crippen LogP contribution is 2.58. The van der Waals surface area contributed by atoms with Gasteiger partial charge in [-0.2, -0.15) is 0 Å². The van der Waals surface area contributed by atoms with Gasteiger partial charge in [-0.05, 0) is 5.41 Å². The summed E-state index contributed by atoms with van der Waals surface area (Å²) >= 11 is 0. The Balaban J connectivity index is 2.67. The van der Waals surface area contributed by atoms with Gasteiger partial charge < -0.3 is 14.9 Å². The summed E-state index contributed by atoms with van der Waals surface area (Å²) in [5.74, 6) is -2.60. The van der Waals surface area contributed by atoms with E-state index >= 15 is 0 Å². The van der Waals surface area contributed by atoms with Gasteiger partial charge in [-0.3, -0.25) is 14.4 Å². The Bertz CT molecular complexity index is 390. The molecule has 0 aromatic carbocycles. The van der Waals surface area contributed by atoms with Gasteiger partial charge in [0.1, 0.15) is 0 Å². The molecule has 0 saturated heterocycles. The SMILES string of the molecule is CN(C)C(=O)CN(C)C(=O)[C@H]1[C@@H](C(=O)O)C1(C)C. The van der Waals surface area contributed by atoms with E-state index in [-0.39, 0.29) is 18.4 Å². The number of rotatable bonds is 4. The third kappa shape index (κ3) is 2.47. The van der Waals surface area contributed by atoms with Crippen LogP contribution in [0.2, 0.25) is 0 Å². The number of carbonyl (C=O) groups excluding carboxylic acids is 2. The third-order valence-electron chi connectivity index (χ3n) is 3.61. The Hall–Kier alpha value is -1.59. The first-order valence-corrected chi connectivity index (χ1v) is 5.78. The highest BCUT2D eigenvalue weighted by molar-refractivity contribution is 5.93. The summed E-state index contributed by atoms with van der Waals surface area (Å²) in [6, 6.07) is 0. The van der Waals surface area contributed by atoms with Crippen molar-refractivity contribution >= 4 is 17.8 Å². The zero-order valence-corrected chi connectivity index (χ0v) is 11.4. The van der Waals surface area contributed by atoms with E-state index in [4.69, 9.17) is 5.11 Å². The van der Waals surface area contributed by atoms with Crippen molar-refractivity contribution in [3.8, 4) is 0 Å². The molecular weight excluding hydrogens is 236 g/mol. The van der Waals surface area contributed by atoms with Crippen LogP contribution in [0.25, 0.3) is 0 Å². The molecule has 2 amide bonds. The Morgan fingerprint density at radius 3 is 1.94 bits per heavy atom. The Morgan fingerprint density at radius 1 is 1.11 bits per heavy atom. The summed E-state index contributed by atoms with van der Waals surface area (Å²) in [4.78, 5) is 37.3. The summed E-state index contributed by atoms with van der Waals surface area (Å²) in [6.45, 7) is 3.50. The van der Waals surface area contributed by atoms with Crippen LogP contribution in [-0.4, -0.2) is 60.4 Å². The zero-order chi connectivity index (χ0) is 14.2. The second-order valence-corrected chi connectivity index (χ2v) is 5.60. The van der Waals surface area contributed by atoms with Gasteiger partial charge in [-0.1, -0.05) is 13.8 Å². The van der Waals surface area contributed by atoms with E-state index in [2.05, 4.69) is 0 Å². The molecule has 1 rings (SSSR count). The predicted octanol–water partition coefficient (Wildman–Crippen LogP) is -0.110. The van der Waals surface area contributed by atoms with Gasteiger partial charge in [0.2, 0.25) is 11.8 Å². The van der Waals surface area contributed by atoms with Crippen LogP contribution in [0.15, 0.2) is 0 Å². The molecule has 0 spiro atoms. The van der Waals surface area contributed by atoms with Crippen molar-refractivity contribution < 1.29 is 19.5 Å². The Morgan fingerprint density at radius 2 is 1.61 bits per heavy atom. The molecule has 6 nitrogen and oxygen atoms in total. The molecule has 18 heavy (non-hydrogen) atoms. The molecular formula is C12H20N2O4. The van der Waals surface area contributed by atoms with Gasteiger partial charge in [-0.25, -0.2) is 0 Å². The van der Waals surface area contributed by atoms with Gasteiger partial charge in [-0.15, -0.1) is 0 Å². The molecule has 0 aliphatic heterocycles. The number of carboxylic acid groups (broad SMARTS) is 1. The van der Waals surface area contributed by atoms with Crippen LogP contribution in [0.1, 0.15) is 13.8 Å². The number of amides is 2. The third-order valence-corrected chi connectivity index (χ3v) is 3.61. The van der Waals surface area contributed by atoms with Gasteiger partial charge in [0.25, 0.3) is 0 Å². The van der Waals surface area contributed by atoms with Crippen LogP contribution in [0.3, 0.4) is 0 Å². The van der Waals surface area contributed by atoms with Crippen molar-refractivity contribution in [1.29, 1.82) is 0 Å². The minimum atomic E-state index is -0.953. The van der Waals surface area contributed by atoms with Crippen LogP contribution in [0.4, 0.5) is 0 Å². The summed E-state index contributed by atoms with van der Waals surface area (Å²) < 4.78 is 0. The van der Waals surface area contributed by atoms with E-state index in [0.29, 0.717) is 0 Å². The topological polar surface area (TPSA) is 77.9 Å². The van der Waals surface area contributed by atoms with Gasteiger partial charge in [0.15, 0.2) is 0 Å². The van der Waals surface area contributed by atoms with Crippen LogP contribution >= 0.6 is 0 Å². The van der Waals surface area contributed by atoms with Crippen molar-refractivity contribution in [2.75, 3.05) is 27.7 Å². The molecule has 1 saturated carbocycles. The average molecular weight is 256 g/mol. The lowest BCUT2D eigenvalue weighted by Gasteiger charge is -2.19. The molecule has 0 aromatic rings. The van der Waals surface area contributed by atoms with Crippen LogP contribution in [0, 0.1) is 17.3 Å². The normalized spacial score (nSPS) is 24.3. The lowest BCUT2D eigenvalue weighted by atomic mass is 10.1. The second-order valence-electron chi connectivity index (χ2n) is 5.60. The lowest BCUT2D eigenvalue weighted by Crippen LogP contribution is -2.39. The van der Waals surface area contributed by atoms with E-state index < -0.39 is 23.2 Å². The molecule has 1 N–H and O–H groups in total. The number of aliphatic carboxylic acids is 1. The van der Waals surface area contributed by atoms with Crippen LogP contribution < -0.4 is 0 Å². The van der Waals surface area contributed by atoms with E-state index in [1.54, 1.807) is 27.9 Å². The highest BCUT2D eigenvalue weighted by Gasteiger charge is 2.66. The van der Waals surface area contributed by atoms with Crippen molar-refractivity contribution in [3.05, 3.63) is 0 Å². The number of hydrogen-bond acceptors (Lipinski definition) is 3. The molecule has 1 aliphatic rings. The monoisotopic (exact) mass is 256 g/mol. The molecule has 0 bridgehead atoms. The molecule has 2 atom stereocenters. The first-order chi connectivity index (χ1) is 8.10. The van der Waals surface area contributed by atoms with Gasteiger partial charge in [0, 0.05) is 21.1 Å². The maximum absolute atomic E-state index is 12.1. The first kappa shape index (κ1) is 14.5. The van der Waals surface area contributed by atoms with Crippen LogP contribution in [-0.2, 0) is 14.4 Å². The lowest BCUT2D eigenvalue weighted by molar-refractivity contribution is -0.142. The van der Waals surface area contributed by atoms with Gasteiger partial charge >= 0.3 is 5.97 Å². The van der Waals surface area contributed by atoms with E-state index in [1.165, 1.54) is 16.8 Å². The van der Waals surface area contributed by atoms with Crippen molar-refractivity contribution in [2.24, 2.45) is 17.3 Å². The molecule has 1 fully saturated rings. The van der Waals surface area contributed by atoms with E-state index in [9.17, 15) is 14.4 Å². The first-order valence-electron chi connectivity index (χ1n) is 5.78. The summed E-state index contributed by atoms with van der Waals surface area (Å²) in [7, 11) is 4.75. The Kier molecular flexibility index (Phi) is 3.69. The van der Waals surface area contributed by atoms with Gasteiger partial charge in [0.05, 0.1) is 18.4 Å². The molecule has 0 radical (unpaired) electrons. The van der Waals surface area contributed by atoms with Crippen LogP contribution in [0.5, 0.6) is 0 Å². The minimum Gasteiger partial charge on any atom is -0.481 e. The minimum absolute atomic E-state index is 0.0231. The second kappa shape index (κ2) is 4.59. The summed E-state index contributed by atoms with van der Waals surface area (Å²) in [5.41, 5.74) is -0.529. The zero-order valence-electron chi connectivity index (χ0n) is 11.4. The fourth-order valence-corrected chi connectivity index (χ4v) is 2.22. The number of nitrogens with zero attached hydrogens (tertiary/aromatic N) is 2. The standard InChI is InChI=1S/C12H20N2O4/c1-12(2)8(9(12)11(17)18)10(16)14(5)6-7(15)13(3)4/h8-9H,6H2,1-5H3,(H,17,18)/t8-,9+/m1/s1. The molecule has 6 heteroatoms. The molecule has 0 aromatic heterocycles. The highest BCUT2D eigenvalue weighted by atomic mass is 16.4. The van der Waals surface area contributed by atoms with E-state index in [1.807, 2.05) is 0 Å². The Labute approximate surface area is 107 Å². The maximum Gasteiger partial charge on any atom is 0.307 e. The summed E-state index contributed by atoms with van der Waals surface area (Å²) in [5, 5.41) is 9.01. The smallest absolute Gasteiger partial charge is 0.307 e. The number of likely N-dealkylation sites (N-methyl/N-ethyl adjacent to an activating group) is 2. The molecule has 102 valence electrons. The van der Waals surface area contributed by atoms with Crippen molar-refractivity contribution in [2.45, 2.75) is 13.8 Å². The fraction of sp³-hybridized carbons (Fsp3) is 0.750. The summed E-state index contributed by atoms with van der Waals surface area (Å²) in [6.07, 6.45) is 0. The molecule has 1 aliphatic carbocycles. The fourth-order valence-electron chi connectivity index (χ4n) is 2.22. The number of carbonyl (C=O) groups is 3. The molecule has 0 heterocycles. The van der Waals surface area contributed by atoms with E-state index in [0.717, 1.165) is 0 Å². The average Bonchev–Trinajstić information content (AvgIpc) is 2.80. The number of carboxylic acids is 1. The number of hydrogen-bond donors (Lipinski definition) is 1. The predicted molar refractivity (Wildman–Crippen MR) is 64.7 cm³/mol. The quantitative estimate of drug-likeness (QED) is 0.761.